The van der Waals surface area contributed by atoms with Gasteiger partial charge in [-0.3, -0.25) is 0 Å². The number of carbonyl (C=O) groups is 1. The van der Waals surface area contributed by atoms with E-state index in [-0.39, 0.29) is 18.6 Å². The monoisotopic (exact) mass is 254 g/mol. The number of amides is 2. The first kappa shape index (κ1) is 13.7. The number of hydrogen-bond acceptors (Lipinski definition) is 2. The summed E-state index contributed by atoms with van der Waals surface area (Å²) < 4.78 is 0. The molecule has 1 atom stereocenters. The molecule has 0 aromatic rings. The van der Waals surface area contributed by atoms with Gasteiger partial charge in [0.1, 0.15) is 0 Å². The zero-order valence-electron chi connectivity index (χ0n) is 11.2. The zero-order valence-corrected chi connectivity index (χ0v) is 11.2. The summed E-state index contributed by atoms with van der Waals surface area (Å²) in [5.74, 6) is 0.277. The third-order valence-corrected chi connectivity index (χ3v) is 4.25. The summed E-state index contributed by atoms with van der Waals surface area (Å²) in [6.07, 6.45) is 9.42. The lowest BCUT2D eigenvalue weighted by atomic mass is 9.99. The quantitative estimate of drug-likeness (QED) is 0.742. The third-order valence-electron chi connectivity index (χ3n) is 4.25. The molecule has 1 unspecified atom stereocenters. The number of nitrogens with one attached hydrogen (secondary N) is 1. The molecule has 0 aromatic heterocycles. The van der Waals surface area contributed by atoms with Gasteiger partial charge in [-0.15, -0.1) is 0 Å². The van der Waals surface area contributed by atoms with Crippen LogP contribution in [0.4, 0.5) is 4.79 Å². The Morgan fingerprint density at radius 3 is 2.50 bits per heavy atom. The van der Waals surface area contributed by atoms with E-state index in [0.717, 1.165) is 38.8 Å². The molecule has 1 aliphatic carbocycles. The van der Waals surface area contributed by atoms with Crippen molar-refractivity contribution in [2.45, 2.75) is 57.4 Å². The van der Waals surface area contributed by atoms with Gasteiger partial charge in [0, 0.05) is 25.7 Å². The molecular weight excluding hydrogens is 228 g/mol. The summed E-state index contributed by atoms with van der Waals surface area (Å²) in [7, 11) is 0. The van der Waals surface area contributed by atoms with E-state index in [4.69, 9.17) is 0 Å². The molecule has 0 bridgehead atoms. The Bertz CT molecular complexity index is 263. The van der Waals surface area contributed by atoms with Crippen LogP contribution in [-0.4, -0.2) is 41.8 Å². The van der Waals surface area contributed by atoms with E-state index in [1.165, 1.54) is 25.7 Å². The number of aliphatic hydroxyl groups is 1. The lowest BCUT2D eigenvalue weighted by Crippen LogP contribution is -2.49. The molecule has 0 spiro atoms. The zero-order chi connectivity index (χ0) is 12.8. The highest BCUT2D eigenvalue weighted by atomic mass is 16.3. The molecule has 4 nitrogen and oxygen atoms in total. The minimum absolute atomic E-state index is 0.0834. The molecule has 4 heteroatoms. The highest BCUT2D eigenvalue weighted by Crippen LogP contribution is 2.19. The second-order valence-electron chi connectivity index (χ2n) is 5.77. The van der Waals surface area contributed by atoms with Gasteiger partial charge in [0.05, 0.1) is 0 Å². The second-order valence-corrected chi connectivity index (χ2v) is 5.77. The first-order valence-electron chi connectivity index (χ1n) is 7.46. The van der Waals surface area contributed by atoms with Crippen molar-refractivity contribution in [2.75, 3.05) is 19.7 Å². The molecule has 2 rings (SSSR count). The lowest BCUT2D eigenvalue weighted by Gasteiger charge is -2.33. The number of aliphatic hydroxyl groups excluding tert-OH is 1. The first-order valence-corrected chi connectivity index (χ1v) is 7.46. The van der Waals surface area contributed by atoms with Crippen molar-refractivity contribution >= 4 is 6.03 Å². The maximum absolute atomic E-state index is 12.2. The van der Waals surface area contributed by atoms with E-state index in [0.29, 0.717) is 6.04 Å². The Morgan fingerprint density at radius 2 is 1.83 bits per heavy atom. The van der Waals surface area contributed by atoms with E-state index >= 15 is 0 Å². The van der Waals surface area contributed by atoms with E-state index in [2.05, 4.69) is 5.32 Å². The fourth-order valence-electron chi connectivity index (χ4n) is 3.09. The number of likely N-dealkylation sites (tertiary alicyclic amines) is 1. The molecule has 1 saturated heterocycles. The fraction of sp³-hybridized carbons (Fsp3) is 0.929. The summed E-state index contributed by atoms with van der Waals surface area (Å²) in [6, 6.07) is 0.453. The van der Waals surface area contributed by atoms with Gasteiger partial charge in [-0.05, 0) is 31.6 Å². The van der Waals surface area contributed by atoms with E-state index in [9.17, 15) is 9.90 Å². The lowest BCUT2D eigenvalue weighted by molar-refractivity contribution is 0.127. The van der Waals surface area contributed by atoms with Gasteiger partial charge < -0.3 is 15.3 Å². The topological polar surface area (TPSA) is 52.6 Å². The Morgan fingerprint density at radius 1 is 1.11 bits per heavy atom. The maximum atomic E-state index is 12.2. The SMILES string of the molecule is O=C(NC1CCCCCC1)N1CCCC(CO)C1. The highest BCUT2D eigenvalue weighted by molar-refractivity contribution is 5.74. The van der Waals surface area contributed by atoms with Gasteiger partial charge in [0.25, 0.3) is 0 Å². The van der Waals surface area contributed by atoms with Gasteiger partial charge in [0.2, 0.25) is 0 Å². The molecule has 0 radical (unpaired) electrons. The molecule has 2 aliphatic rings. The van der Waals surface area contributed by atoms with E-state index in [1.54, 1.807) is 0 Å². The Balaban J connectivity index is 1.79. The average Bonchev–Trinajstić information content (AvgIpc) is 2.67. The third kappa shape index (κ3) is 3.87. The summed E-state index contributed by atoms with van der Waals surface area (Å²) >= 11 is 0. The van der Waals surface area contributed by atoms with Crippen LogP contribution in [0.25, 0.3) is 0 Å². The molecule has 18 heavy (non-hydrogen) atoms. The summed E-state index contributed by atoms with van der Waals surface area (Å²) in [5.41, 5.74) is 0. The Labute approximate surface area is 110 Å². The van der Waals surface area contributed by atoms with Gasteiger partial charge >= 0.3 is 6.03 Å². The van der Waals surface area contributed by atoms with Crippen molar-refractivity contribution in [3.63, 3.8) is 0 Å². The van der Waals surface area contributed by atoms with Crippen molar-refractivity contribution in [2.24, 2.45) is 5.92 Å². The van der Waals surface area contributed by atoms with Crippen LogP contribution >= 0.6 is 0 Å². The number of nitrogens with zero attached hydrogens (tertiary/aromatic N) is 1. The van der Waals surface area contributed by atoms with Crippen LogP contribution in [0, 0.1) is 5.92 Å². The molecular formula is C14H26N2O2. The predicted molar refractivity (Wildman–Crippen MR) is 71.4 cm³/mol. The van der Waals surface area contributed by atoms with Gasteiger partial charge in [-0.1, -0.05) is 25.7 Å². The van der Waals surface area contributed by atoms with E-state index in [1.807, 2.05) is 4.90 Å². The minimum atomic E-state index is 0.0834. The smallest absolute Gasteiger partial charge is 0.317 e. The minimum Gasteiger partial charge on any atom is -0.396 e. The standard InChI is InChI=1S/C14H26N2O2/c17-11-12-6-5-9-16(10-12)14(18)15-13-7-3-1-2-4-8-13/h12-13,17H,1-11H2,(H,15,18). The molecule has 2 amide bonds. The fourth-order valence-corrected chi connectivity index (χ4v) is 3.09. The van der Waals surface area contributed by atoms with Crippen LogP contribution in [0.3, 0.4) is 0 Å². The molecule has 104 valence electrons. The molecule has 0 aromatic carbocycles. The van der Waals surface area contributed by atoms with Crippen LogP contribution in [-0.2, 0) is 0 Å². The van der Waals surface area contributed by atoms with Crippen molar-refractivity contribution in [1.82, 2.24) is 10.2 Å². The van der Waals surface area contributed by atoms with Gasteiger partial charge in [-0.2, -0.15) is 0 Å². The summed E-state index contributed by atoms with van der Waals surface area (Å²) in [5, 5.41) is 12.4. The van der Waals surface area contributed by atoms with Crippen molar-refractivity contribution < 1.29 is 9.90 Å². The summed E-state index contributed by atoms with van der Waals surface area (Å²) in [6.45, 7) is 1.76. The number of hydrogen-bond donors (Lipinski definition) is 2. The van der Waals surface area contributed by atoms with Gasteiger partial charge in [-0.25, -0.2) is 4.79 Å². The second kappa shape index (κ2) is 6.98. The number of carbonyl (C=O) groups excluding carboxylic acids is 1. The van der Waals surface area contributed by atoms with Crippen LogP contribution in [0.5, 0.6) is 0 Å². The largest absolute Gasteiger partial charge is 0.396 e. The van der Waals surface area contributed by atoms with Crippen LogP contribution in [0.2, 0.25) is 0 Å². The van der Waals surface area contributed by atoms with Crippen molar-refractivity contribution in [3.8, 4) is 0 Å². The molecule has 2 fully saturated rings. The van der Waals surface area contributed by atoms with Crippen LogP contribution < -0.4 is 5.32 Å². The number of urea groups is 1. The maximum Gasteiger partial charge on any atom is 0.317 e. The number of rotatable bonds is 2. The van der Waals surface area contributed by atoms with Crippen molar-refractivity contribution in [3.05, 3.63) is 0 Å². The number of piperidine rings is 1. The van der Waals surface area contributed by atoms with Gasteiger partial charge in [0.15, 0.2) is 0 Å². The Kier molecular flexibility index (Phi) is 5.29. The van der Waals surface area contributed by atoms with Crippen LogP contribution in [0.15, 0.2) is 0 Å². The summed E-state index contributed by atoms with van der Waals surface area (Å²) in [4.78, 5) is 14.1. The highest BCUT2D eigenvalue weighted by Gasteiger charge is 2.24. The van der Waals surface area contributed by atoms with Crippen molar-refractivity contribution in [1.29, 1.82) is 0 Å². The normalized spacial score (nSPS) is 26.7. The predicted octanol–water partition coefficient (Wildman–Crippen LogP) is 2.12. The average molecular weight is 254 g/mol. The molecule has 1 aliphatic heterocycles. The first-order chi connectivity index (χ1) is 8.79. The van der Waals surface area contributed by atoms with Crippen LogP contribution in [0.1, 0.15) is 51.4 Å². The molecule has 1 saturated carbocycles. The molecule has 2 N–H and O–H groups in total. The Hall–Kier alpha value is -0.770. The molecule has 1 heterocycles. The van der Waals surface area contributed by atoms with E-state index < -0.39 is 0 Å².